The maximum Gasteiger partial charge on any atom is 0.262 e. The Hall–Kier alpha value is -4.59. The van der Waals surface area contributed by atoms with Gasteiger partial charge in [-0.25, -0.2) is 0 Å². The highest BCUT2D eigenvalue weighted by Crippen LogP contribution is 2.46. The smallest absolute Gasteiger partial charge is 0.262 e. The SMILES string of the molecule is CCN1C(=O)c2cc(C#N)c(/N=N/c3cc4c(c5cccc(O)c35)N(Cc3ccccc3)CC(O)C4)c(Br)c2C1=O. The van der Waals surface area contributed by atoms with Gasteiger partial charge in [-0.2, -0.15) is 5.26 Å². The third-order valence-electron chi connectivity index (χ3n) is 7.46. The van der Waals surface area contributed by atoms with Crippen molar-refractivity contribution in [2.24, 2.45) is 10.2 Å². The van der Waals surface area contributed by atoms with Crippen LogP contribution in [0.1, 0.15) is 44.3 Å². The molecule has 4 aromatic rings. The highest BCUT2D eigenvalue weighted by atomic mass is 79.9. The van der Waals surface area contributed by atoms with Crippen LogP contribution < -0.4 is 4.90 Å². The quantitative estimate of drug-likeness (QED) is 0.207. The summed E-state index contributed by atoms with van der Waals surface area (Å²) in [6.07, 6.45) is -0.212. The predicted molar refractivity (Wildman–Crippen MR) is 157 cm³/mol. The van der Waals surface area contributed by atoms with Gasteiger partial charge in [-0.15, -0.1) is 10.2 Å². The van der Waals surface area contributed by atoms with Crippen molar-refractivity contribution in [1.82, 2.24) is 4.90 Å². The molecule has 1 unspecified atom stereocenters. The monoisotopic (exact) mass is 609 g/mol. The molecule has 204 valence electrons. The number of nitriles is 1. The molecule has 9 nitrogen and oxygen atoms in total. The fourth-order valence-electron chi connectivity index (χ4n) is 5.67. The first-order chi connectivity index (χ1) is 19.8. The third kappa shape index (κ3) is 4.43. The topological polar surface area (TPSA) is 130 Å². The molecule has 2 amide bonds. The maximum absolute atomic E-state index is 12.9. The summed E-state index contributed by atoms with van der Waals surface area (Å²) in [6, 6.07) is 20.4. The number of fused-ring (bicyclic) bond motifs is 4. The molecule has 2 heterocycles. The number of carbonyl (C=O) groups is 2. The lowest BCUT2D eigenvalue weighted by Gasteiger charge is -2.35. The number of amides is 2. The minimum absolute atomic E-state index is 0.0120. The van der Waals surface area contributed by atoms with E-state index in [2.05, 4.69) is 31.1 Å². The fraction of sp³-hybridized carbons (Fsp3) is 0.194. The Morgan fingerprint density at radius 2 is 1.85 bits per heavy atom. The van der Waals surface area contributed by atoms with Crippen molar-refractivity contribution < 1.29 is 19.8 Å². The number of imide groups is 1. The van der Waals surface area contributed by atoms with Gasteiger partial charge in [0.05, 0.1) is 38.3 Å². The molecule has 2 aliphatic rings. The van der Waals surface area contributed by atoms with Gasteiger partial charge in [0, 0.05) is 37.1 Å². The number of halogens is 1. The third-order valence-corrected chi connectivity index (χ3v) is 8.23. The molecule has 0 spiro atoms. The van der Waals surface area contributed by atoms with Crippen LogP contribution in [0.4, 0.5) is 17.1 Å². The van der Waals surface area contributed by atoms with Crippen molar-refractivity contribution in [2.75, 3.05) is 18.0 Å². The Morgan fingerprint density at radius 3 is 2.59 bits per heavy atom. The number of benzene rings is 4. The van der Waals surface area contributed by atoms with Crippen LogP contribution >= 0.6 is 15.9 Å². The lowest BCUT2D eigenvalue weighted by molar-refractivity contribution is 0.0662. The van der Waals surface area contributed by atoms with Crippen LogP contribution in [0, 0.1) is 11.3 Å². The van der Waals surface area contributed by atoms with Gasteiger partial charge in [0.25, 0.3) is 11.8 Å². The Morgan fingerprint density at radius 1 is 1.07 bits per heavy atom. The summed E-state index contributed by atoms with van der Waals surface area (Å²) in [5.74, 6) is -0.917. The molecular formula is C31H24BrN5O4. The molecule has 0 saturated heterocycles. The summed E-state index contributed by atoms with van der Waals surface area (Å²) < 4.78 is 0.209. The van der Waals surface area contributed by atoms with E-state index in [1.807, 2.05) is 42.5 Å². The molecule has 1 atom stereocenters. The van der Waals surface area contributed by atoms with Crippen LogP contribution in [0.5, 0.6) is 5.75 Å². The highest BCUT2D eigenvalue weighted by molar-refractivity contribution is 9.10. The van der Waals surface area contributed by atoms with Crippen LogP contribution in [-0.4, -0.2) is 46.1 Å². The van der Waals surface area contributed by atoms with E-state index in [-0.39, 0.29) is 39.1 Å². The van der Waals surface area contributed by atoms with Gasteiger partial charge in [-0.05, 0) is 52.2 Å². The van der Waals surface area contributed by atoms with Gasteiger partial charge in [0.15, 0.2) is 0 Å². The first kappa shape index (κ1) is 26.6. The second-order valence-corrected chi connectivity index (χ2v) is 10.8. The van der Waals surface area contributed by atoms with Crippen molar-refractivity contribution in [1.29, 1.82) is 5.26 Å². The van der Waals surface area contributed by atoms with Gasteiger partial charge in [0.2, 0.25) is 0 Å². The first-order valence-electron chi connectivity index (χ1n) is 13.1. The molecule has 2 N–H and O–H groups in total. The number of carbonyl (C=O) groups excluding carboxylic acids is 2. The summed E-state index contributed by atoms with van der Waals surface area (Å²) in [4.78, 5) is 28.8. The lowest BCUT2D eigenvalue weighted by Crippen LogP contribution is -2.38. The van der Waals surface area contributed by atoms with Crippen molar-refractivity contribution >= 4 is 55.6 Å². The van der Waals surface area contributed by atoms with Crippen LogP contribution in [0.2, 0.25) is 0 Å². The van der Waals surface area contributed by atoms with Crippen LogP contribution in [0.25, 0.3) is 10.8 Å². The number of azo groups is 1. The first-order valence-corrected chi connectivity index (χ1v) is 13.9. The van der Waals surface area contributed by atoms with E-state index >= 15 is 0 Å². The average molecular weight is 610 g/mol. The molecule has 0 saturated carbocycles. The minimum Gasteiger partial charge on any atom is -0.507 e. The maximum atomic E-state index is 12.9. The summed E-state index contributed by atoms with van der Waals surface area (Å²) in [6.45, 7) is 2.91. The fourth-order valence-corrected chi connectivity index (χ4v) is 6.34. The van der Waals surface area contributed by atoms with E-state index in [0.29, 0.717) is 30.6 Å². The molecule has 0 radical (unpaired) electrons. The molecular weight excluding hydrogens is 586 g/mol. The Balaban J connectivity index is 1.50. The van der Waals surface area contributed by atoms with Gasteiger partial charge >= 0.3 is 0 Å². The number of aliphatic hydroxyl groups is 1. The lowest BCUT2D eigenvalue weighted by atomic mass is 9.93. The zero-order valence-electron chi connectivity index (χ0n) is 22.0. The number of aromatic hydroxyl groups is 1. The zero-order chi connectivity index (χ0) is 28.8. The van der Waals surface area contributed by atoms with E-state index in [9.17, 15) is 25.1 Å². The number of nitrogens with zero attached hydrogens (tertiary/aromatic N) is 5. The van der Waals surface area contributed by atoms with Gasteiger partial charge in [-0.3, -0.25) is 14.5 Å². The molecule has 0 aromatic heterocycles. The molecule has 4 aromatic carbocycles. The molecule has 0 bridgehead atoms. The molecule has 0 fully saturated rings. The molecule has 2 aliphatic heterocycles. The number of β-amino-alcohol motifs (C(OH)–C–C–N with tert-alkyl or cyclic N) is 1. The molecule has 41 heavy (non-hydrogen) atoms. The predicted octanol–water partition coefficient (Wildman–Crippen LogP) is 6.13. The zero-order valence-corrected chi connectivity index (χ0v) is 23.6. The second kappa shape index (κ2) is 10.4. The second-order valence-electron chi connectivity index (χ2n) is 10.0. The minimum atomic E-state index is -0.605. The van der Waals surface area contributed by atoms with Crippen LogP contribution in [0.3, 0.4) is 0 Å². The average Bonchev–Trinajstić information content (AvgIpc) is 3.20. The Labute approximate surface area is 244 Å². The number of rotatable bonds is 5. The molecule has 6 rings (SSSR count). The normalized spacial score (nSPS) is 16.4. The van der Waals surface area contributed by atoms with Gasteiger partial charge in [0.1, 0.15) is 17.5 Å². The van der Waals surface area contributed by atoms with Gasteiger partial charge in [-0.1, -0.05) is 42.5 Å². The number of phenols is 1. The highest BCUT2D eigenvalue weighted by Gasteiger charge is 2.38. The number of hydrogen-bond acceptors (Lipinski definition) is 8. The van der Waals surface area contributed by atoms with E-state index in [1.165, 1.54) is 6.07 Å². The summed E-state index contributed by atoms with van der Waals surface area (Å²) >= 11 is 3.40. The summed E-state index contributed by atoms with van der Waals surface area (Å²) in [5.41, 5.74) is 3.66. The Kier molecular flexibility index (Phi) is 6.77. The van der Waals surface area contributed by atoms with Crippen molar-refractivity contribution in [3.8, 4) is 11.8 Å². The van der Waals surface area contributed by atoms with E-state index in [1.54, 1.807) is 25.1 Å². The van der Waals surface area contributed by atoms with E-state index < -0.39 is 17.9 Å². The number of aliphatic hydroxyl groups excluding tert-OH is 1. The molecule has 10 heteroatoms. The van der Waals surface area contributed by atoms with Crippen LogP contribution in [0.15, 0.2) is 75.4 Å². The summed E-state index contributed by atoms with van der Waals surface area (Å²) in [7, 11) is 0. The van der Waals surface area contributed by atoms with E-state index in [4.69, 9.17) is 0 Å². The van der Waals surface area contributed by atoms with Crippen molar-refractivity contribution in [3.63, 3.8) is 0 Å². The number of hydrogen-bond donors (Lipinski definition) is 2. The molecule has 0 aliphatic carbocycles. The van der Waals surface area contributed by atoms with Crippen molar-refractivity contribution in [3.05, 3.63) is 93.0 Å². The summed E-state index contributed by atoms with van der Waals surface area (Å²) in [5, 5.41) is 41.6. The van der Waals surface area contributed by atoms with Gasteiger partial charge < -0.3 is 15.1 Å². The number of anilines is 1. The number of phenolic OH excluding ortho intramolecular Hbond substituents is 1. The van der Waals surface area contributed by atoms with Crippen molar-refractivity contribution in [2.45, 2.75) is 26.0 Å². The largest absolute Gasteiger partial charge is 0.507 e. The van der Waals surface area contributed by atoms with Crippen LogP contribution in [-0.2, 0) is 13.0 Å². The standard InChI is InChI=1S/C31H24BrN5O4/c1-2-37-30(40)22-12-19(14-33)28(27(32)26(22)31(37)41)35-34-23-13-18-11-20(38)16-36(15-17-7-4-3-5-8-17)29(18)21-9-6-10-24(39)25(21)23/h3-10,12-13,20,38-39H,2,11,15-16H2,1H3/b35-34+. The van der Waals surface area contributed by atoms with E-state index in [0.717, 1.165) is 27.1 Å². The Bertz CT molecular complexity index is 1820.